The van der Waals surface area contributed by atoms with Gasteiger partial charge in [0.1, 0.15) is 5.15 Å². The molecule has 1 rings (SSSR count). The molecule has 0 unspecified atom stereocenters. The van der Waals surface area contributed by atoms with E-state index in [1.165, 1.54) is 31.5 Å². The van der Waals surface area contributed by atoms with Gasteiger partial charge in [0.15, 0.2) is 0 Å². The predicted octanol–water partition coefficient (Wildman–Crippen LogP) is 3.86. The third-order valence-electron chi connectivity index (χ3n) is 2.44. The molecule has 0 atom stereocenters. The first-order valence-electron chi connectivity index (χ1n) is 6.02. The molecule has 94 valence electrons. The maximum atomic E-state index is 11.6. The average Bonchev–Trinajstić information content (AvgIpc) is 2.33. The Kier molecular flexibility index (Phi) is 6.63. The SMILES string of the molecule is CCCCCCCOC(=O)c1ccnc(Cl)c1. The third-order valence-corrected chi connectivity index (χ3v) is 2.65. The lowest BCUT2D eigenvalue weighted by Gasteiger charge is -2.04. The molecule has 17 heavy (non-hydrogen) atoms. The summed E-state index contributed by atoms with van der Waals surface area (Å²) in [6.07, 6.45) is 7.20. The van der Waals surface area contributed by atoms with Crippen LogP contribution in [0.5, 0.6) is 0 Å². The van der Waals surface area contributed by atoms with Crippen LogP contribution in [0.25, 0.3) is 0 Å². The fourth-order valence-electron chi connectivity index (χ4n) is 1.48. The predicted molar refractivity (Wildman–Crippen MR) is 68.3 cm³/mol. The molecule has 0 aromatic carbocycles. The van der Waals surface area contributed by atoms with Crippen molar-refractivity contribution in [3.8, 4) is 0 Å². The van der Waals surface area contributed by atoms with E-state index < -0.39 is 0 Å². The first-order chi connectivity index (χ1) is 8.24. The number of unbranched alkanes of at least 4 members (excludes halogenated alkanes) is 4. The van der Waals surface area contributed by atoms with Crippen LogP contribution in [-0.4, -0.2) is 17.6 Å². The summed E-state index contributed by atoms with van der Waals surface area (Å²) in [4.78, 5) is 15.4. The van der Waals surface area contributed by atoms with Crippen LogP contribution < -0.4 is 0 Å². The number of nitrogens with zero attached hydrogens (tertiary/aromatic N) is 1. The highest BCUT2D eigenvalue weighted by atomic mass is 35.5. The summed E-state index contributed by atoms with van der Waals surface area (Å²) in [5.41, 5.74) is 0.457. The van der Waals surface area contributed by atoms with Gasteiger partial charge in [-0.2, -0.15) is 0 Å². The zero-order chi connectivity index (χ0) is 12.5. The highest BCUT2D eigenvalue weighted by Crippen LogP contribution is 2.09. The summed E-state index contributed by atoms with van der Waals surface area (Å²) < 4.78 is 5.14. The van der Waals surface area contributed by atoms with E-state index in [2.05, 4.69) is 11.9 Å². The van der Waals surface area contributed by atoms with Crippen molar-refractivity contribution in [3.63, 3.8) is 0 Å². The van der Waals surface area contributed by atoms with Gasteiger partial charge in [0.05, 0.1) is 12.2 Å². The van der Waals surface area contributed by atoms with E-state index in [1.807, 2.05) is 0 Å². The van der Waals surface area contributed by atoms with Crippen molar-refractivity contribution in [2.75, 3.05) is 6.61 Å². The van der Waals surface area contributed by atoms with Crippen molar-refractivity contribution < 1.29 is 9.53 Å². The van der Waals surface area contributed by atoms with Crippen molar-refractivity contribution in [2.24, 2.45) is 0 Å². The van der Waals surface area contributed by atoms with Crippen LogP contribution in [0.3, 0.4) is 0 Å². The fraction of sp³-hybridized carbons (Fsp3) is 0.538. The van der Waals surface area contributed by atoms with E-state index in [1.54, 1.807) is 6.07 Å². The van der Waals surface area contributed by atoms with Gasteiger partial charge in [-0.3, -0.25) is 0 Å². The topological polar surface area (TPSA) is 39.2 Å². The van der Waals surface area contributed by atoms with E-state index in [-0.39, 0.29) is 5.97 Å². The Morgan fingerprint density at radius 1 is 1.35 bits per heavy atom. The molecular formula is C13H18ClNO2. The summed E-state index contributed by atoms with van der Waals surface area (Å²) >= 11 is 5.69. The number of esters is 1. The van der Waals surface area contributed by atoms with Gasteiger partial charge in [-0.25, -0.2) is 9.78 Å². The summed E-state index contributed by atoms with van der Waals surface area (Å²) in [5.74, 6) is -0.329. The Morgan fingerprint density at radius 3 is 2.82 bits per heavy atom. The van der Waals surface area contributed by atoms with Gasteiger partial charge in [0.25, 0.3) is 0 Å². The number of rotatable bonds is 7. The van der Waals surface area contributed by atoms with Gasteiger partial charge >= 0.3 is 5.97 Å². The second-order valence-electron chi connectivity index (χ2n) is 3.92. The molecule has 1 aromatic rings. The number of carbonyl (C=O) groups excluding carboxylic acids is 1. The minimum Gasteiger partial charge on any atom is -0.462 e. The van der Waals surface area contributed by atoms with Gasteiger partial charge in [0.2, 0.25) is 0 Å². The molecule has 0 saturated heterocycles. The van der Waals surface area contributed by atoms with Crippen molar-refractivity contribution >= 4 is 17.6 Å². The van der Waals surface area contributed by atoms with E-state index in [9.17, 15) is 4.79 Å². The monoisotopic (exact) mass is 255 g/mol. The van der Waals surface area contributed by atoms with E-state index in [0.717, 1.165) is 12.8 Å². The molecule has 0 fully saturated rings. The van der Waals surface area contributed by atoms with Crippen LogP contribution in [0.15, 0.2) is 18.3 Å². The molecule has 0 aliphatic carbocycles. The molecule has 0 bridgehead atoms. The number of halogens is 1. The Labute approximate surface area is 107 Å². The second-order valence-corrected chi connectivity index (χ2v) is 4.30. The molecule has 4 heteroatoms. The fourth-order valence-corrected chi connectivity index (χ4v) is 1.66. The third kappa shape index (κ3) is 5.68. The van der Waals surface area contributed by atoms with Crippen LogP contribution in [0.4, 0.5) is 0 Å². The van der Waals surface area contributed by atoms with Crippen molar-refractivity contribution in [2.45, 2.75) is 39.0 Å². The maximum Gasteiger partial charge on any atom is 0.338 e. The van der Waals surface area contributed by atoms with E-state index >= 15 is 0 Å². The number of pyridine rings is 1. The van der Waals surface area contributed by atoms with Crippen LogP contribution in [0, 0.1) is 0 Å². The lowest BCUT2D eigenvalue weighted by Crippen LogP contribution is -2.06. The normalized spacial score (nSPS) is 10.2. The van der Waals surface area contributed by atoms with Gasteiger partial charge in [0, 0.05) is 6.20 Å². The molecule has 0 radical (unpaired) electrons. The summed E-state index contributed by atoms with van der Waals surface area (Å²) in [7, 11) is 0. The van der Waals surface area contributed by atoms with Crippen LogP contribution in [0.2, 0.25) is 5.15 Å². The largest absolute Gasteiger partial charge is 0.462 e. The second kappa shape index (κ2) is 8.07. The molecule has 0 aliphatic heterocycles. The number of hydrogen-bond acceptors (Lipinski definition) is 3. The summed E-state index contributed by atoms with van der Waals surface area (Å²) in [6.45, 7) is 2.65. The van der Waals surface area contributed by atoms with Gasteiger partial charge in [-0.15, -0.1) is 0 Å². The first kappa shape index (κ1) is 14.0. The molecule has 0 amide bonds. The number of carbonyl (C=O) groups is 1. The van der Waals surface area contributed by atoms with Gasteiger partial charge in [-0.05, 0) is 18.6 Å². The highest BCUT2D eigenvalue weighted by molar-refractivity contribution is 6.29. The lowest BCUT2D eigenvalue weighted by molar-refractivity contribution is 0.0497. The smallest absolute Gasteiger partial charge is 0.338 e. The summed E-state index contributed by atoms with van der Waals surface area (Å²) in [6, 6.07) is 3.12. The van der Waals surface area contributed by atoms with Crippen LogP contribution >= 0.6 is 11.6 Å². The Morgan fingerprint density at radius 2 is 2.12 bits per heavy atom. The van der Waals surface area contributed by atoms with Crippen molar-refractivity contribution in [1.29, 1.82) is 0 Å². The quantitative estimate of drug-likeness (QED) is 0.422. The lowest BCUT2D eigenvalue weighted by atomic mass is 10.2. The first-order valence-corrected chi connectivity index (χ1v) is 6.40. The molecule has 0 spiro atoms. The zero-order valence-electron chi connectivity index (χ0n) is 10.1. The Balaban J connectivity index is 2.21. The standard InChI is InChI=1S/C13H18ClNO2/c1-2-3-4-5-6-9-17-13(16)11-7-8-15-12(14)10-11/h7-8,10H,2-6,9H2,1H3. The zero-order valence-corrected chi connectivity index (χ0v) is 10.9. The average molecular weight is 256 g/mol. The van der Waals surface area contributed by atoms with Crippen LogP contribution in [0.1, 0.15) is 49.4 Å². The Bertz CT molecular complexity index is 355. The molecular weight excluding hydrogens is 238 g/mol. The van der Waals surface area contributed by atoms with E-state index in [0.29, 0.717) is 17.3 Å². The molecule has 0 aliphatic rings. The number of ether oxygens (including phenoxy) is 1. The highest BCUT2D eigenvalue weighted by Gasteiger charge is 2.07. The number of hydrogen-bond donors (Lipinski definition) is 0. The molecule has 1 aromatic heterocycles. The summed E-state index contributed by atoms with van der Waals surface area (Å²) in [5, 5.41) is 0.308. The van der Waals surface area contributed by atoms with Gasteiger partial charge < -0.3 is 4.74 Å². The Hall–Kier alpha value is -1.09. The maximum absolute atomic E-state index is 11.6. The van der Waals surface area contributed by atoms with Crippen molar-refractivity contribution in [3.05, 3.63) is 29.0 Å². The van der Waals surface area contributed by atoms with Gasteiger partial charge in [-0.1, -0.05) is 44.2 Å². The molecule has 1 heterocycles. The molecule has 3 nitrogen and oxygen atoms in total. The number of aromatic nitrogens is 1. The molecule has 0 saturated carbocycles. The van der Waals surface area contributed by atoms with Crippen molar-refractivity contribution in [1.82, 2.24) is 4.98 Å². The minimum atomic E-state index is -0.329. The van der Waals surface area contributed by atoms with E-state index in [4.69, 9.17) is 16.3 Å². The molecule has 0 N–H and O–H groups in total. The van der Waals surface area contributed by atoms with Crippen LogP contribution in [-0.2, 0) is 4.74 Å². The minimum absolute atomic E-state index is 0.308.